The summed E-state index contributed by atoms with van der Waals surface area (Å²) in [6.07, 6.45) is 4.05. The number of nitrogens with one attached hydrogen (secondary N) is 1. The van der Waals surface area contributed by atoms with Crippen molar-refractivity contribution in [2.24, 2.45) is 0 Å². The van der Waals surface area contributed by atoms with Gasteiger partial charge < -0.3 is 9.72 Å². The molecule has 1 aliphatic heterocycles. The predicted molar refractivity (Wildman–Crippen MR) is 104 cm³/mol. The Balaban J connectivity index is 1.57. The van der Waals surface area contributed by atoms with Gasteiger partial charge in [-0.25, -0.2) is 0 Å². The minimum atomic E-state index is -0.456. The zero-order valence-electron chi connectivity index (χ0n) is 15.2. The summed E-state index contributed by atoms with van der Waals surface area (Å²) in [4.78, 5) is 29.6. The maximum atomic E-state index is 11.1. The van der Waals surface area contributed by atoms with E-state index in [0.29, 0.717) is 21.9 Å². The van der Waals surface area contributed by atoms with Crippen molar-refractivity contribution >= 4 is 40.3 Å². The molecule has 1 saturated heterocycles. The van der Waals surface area contributed by atoms with E-state index in [2.05, 4.69) is 24.8 Å². The fraction of sp³-hybridized carbons (Fsp3) is 0.333. The third kappa shape index (κ3) is 4.10. The van der Waals surface area contributed by atoms with Crippen molar-refractivity contribution in [1.29, 1.82) is 0 Å². The molecular weight excluding hydrogens is 491 g/mol. The molecule has 10 heteroatoms. The number of ether oxygens (including phenoxy) is 1. The zero-order chi connectivity index (χ0) is 19.7. The summed E-state index contributed by atoms with van der Waals surface area (Å²) in [5.74, 6) is 0.494. The number of H-pyrrole nitrogens is 1. The standard InChI is InChI=1S/C18H17BClIN5O2/c1-10(27)28-18-23-14-8-13(20)16(24-17(14)25-18)11-2-3-15(22-9-11)26-6-4-12(21-19)5-7-26/h2-3,8-9,12H,4-7H2,1H3,(H,23,24,25)/q-1. The number of anilines is 1. The Morgan fingerprint density at radius 2 is 2.14 bits per heavy atom. The number of pyridine rings is 2. The van der Waals surface area contributed by atoms with Crippen LogP contribution in [0.3, 0.4) is 0 Å². The third-order valence-electron chi connectivity index (χ3n) is 4.59. The van der Waals surface area contributed by atoms with Crippen LogP contribution in [0, 0.1) is 0 Å². The van der Waals surface area contributed by atoms with E-state index in [1.54, 1.807) is 12.3 Å². The van der Waals surface area contributed by atoms with Crippen LogP contribution in [0.1, 0.15) is 19.8 Å². The van der Waals surface area contributed by atoms with E-state index in [0.717, 1.165) is 41.2 Å². The van der Waals surface area contributed by atoms with Crippen LogP contribution in [0.15, 0.2) is 24.4 Å². The van der Waals surface area contributed by atoms with Gasteiger partial charge in [-0.3, -0.25) is 4.79 Å². The van der Waals surface area contributed by atoms with Gasteiger partial charge in [-0.15, -0.1) is 0 Å². The normalized spacial score (nSPS) is 15.3. The van der Waals surface area contributed by atoms with Crippen LogP contribution >= 0.6 is 11.6 Å². The van der Waals surface area contributed by atoms with Gasteiger partial charge >= 0.3 is 158 Å². The molecule has 3 aromatic heterocycles. The molecule has 144 valence electrons. The molecule has 7 nitrogen and oxygen atoms in total. The van der Waals surface area contributed by atoms with E-state index in [4.69, 9.17) is 22.0 Å². The number of hydrogen-bond donors (Lipinski definition) is 1. The van der Waals surface area contributed by atoms with Crippen LogP contribution in [0.4, 0.5) is 5.82 Å². The number of esters is 1. The van der Waals surface area contributed by atoms with Crippen molar-refractivity contribution in [2.45, 2.75) is 23.7 Å². The SMILES string of the molecule is [B][I-]C1CCN(c2ccc(-c3nc4nc(OC(C)=O)[nH]c4cc3Cl)cn2)CC1. The van der Waals surface area contributed by atoms with Gasteiger partial charge in [-0.2, -0.15) is 0 Å². The molecule has 2 radical (unpaired) electrons. The van der Waals surface area contributed by atoms with Crippen molar-refractivity contribution in [3.63, 3.8) is 0 Å². The predicted octanol–water partition coefficient (Wildman–Crippen LogP) is -0.260. The van der Waals surface area contributed by atoms with Gasteiger partial charge in [0, 0.05) is 6.92 Å². The van der Waals surface area contributed by atoms with Crippen molar-refractivity contribution < 1.29 is 30.5 Å². The van der Waals surface area contributed by atoms with Crippen LogP contribution in [-0.2, 0) is 4.79 Å². The van der Waals surface area contributed by atoms with Gasteiger partial charge in [0.1, 0.15) is 0 Å². The number of nitrogens with zero attached hydrogens (tertiary/aromatic N) is 4. The van der Waals surface area contributed by atoms with Crippen LogP contribution in [-0.4, -0.2) is 48.6 Å². The number of alkyl halides is 1. The van der Waals surface area contributed by atoms with E-state index in [-0.39, 0.29) is 27.0 Å². The molecule has 1 aliphatic rings. The quantitative estimate of drug-likeness (QED) is 0.226. The number of fused-ring (bicyclic) bond motifs is 1. The summed E-state index contributed by atoms with van der Waals surface area (Å²) in [5, 5.41) is 0.466. The van der Waals surface area contributed by atoms with Crippen molar-refractivity contribution in [1.82, 2.24) is 19.9 Å². The molecule has 0 bridgehead atoms. The van der Waals surface area contributed by atoms with Crippen LogP contribution in [0.2, 0.25) is 5.02 Å². The van der Waals surface area contributed by atoms with E-state index >= 15 is 0 Å². The summed E-state index contributed by atoms with van der Waals surface area (Å²) < 4.78 is 5.69. The van der Waals surface area contributed by atoms with Crippen molar-refractivity contribution in [2.75, 3.05) is 18.0 Å². The fourth-order valence-electron chi connectivity index (χ4n) is 3.20. The third-order valence-corrected chi connectivity index (χ3v) is 7.14. The second-order valence-electron chi connectivity index (χ2n) is 6.52. The fourth-order valence-corrected chi connectivity index (χ4v) is 4.74. The molecule has 0 amide bonds. The first kappa shape index (κ1) is 19.4. The summed E-state index contributed by atoms with van der Waals surface area (Å²) >= 11 is 6.24. The number of carbonyl (C=O) groups excluding carboxylic acids is 1. The molecule has 4 heterocycles. The van der Waals surface area contributed by atoms with Gasteiger partial charge in [0.2, 0.25) is 0 Å². The number of piperidine rings is 1. The Hall–Kier alpha value is -1.88. The number of carbonyl (C=O) groups is 1. The second kappa shape index (κ2) is 8.24. The topological polar surface area (TPSA) is 84.0 Å². The van der Waals surface area contributed by atoms with Crippen LogP contribution in [0.5, 0.6) is 6.01 Å². The summed E-state index contributed by atoms with van der Waals surface area (Å²) in [6.45, 7) is 3.29. The first-order valence-electron chi connectivity index (χ1n) is 8.81. The summed E-state index contributed by atoms with van der Waals surface area (Å²) in [7, 11) is 0. The first-order chi connectivity index (χ1) is 13.5. The summed E-state index contributed by atoms with van der Waals surface area (Å²) in [6, 6.07) is 5.77. The van der Waals surface area contributed by atoms with Gasteiger partial charge in [0.15, 0.2) is 0 Å². The van der Waals surface area contributed by atoms with E-state index in [1.807, 2.05) is 12.1 Å². The monoisotopic (exact) mass is 508 g/mol. The Morgan fingerprint density at radius 3 is 2.79 bits per heavy atom. The molecular formula is C18H17BClIN5O2-. The van der Waals surface area contributed by atoms with E-state index in [1.165, 1.54) is 6.92 Å². The van der Waals surface area contributed by atoms with Crippen molar-refractivity contribution in [3.05, 3.63) is 29.4 Å². The molecule has 1 N–H and O–H groups in total. The average molecular weight is 509 g/mol. The molecule has 0 unspecified atom stereocenters. The Kier molecular flexibility index (Phi) is 5.72. The Bertz CT molecular complexity index is 1010. The molecule has 0 aromatic carbocycles. The molecule has 3 aromatic rings. The van der Waals surface area contributed by atoms with Crippen LogP contribution < -0.4 is 30.6 Å². The zero-order valence-corrected chi connectivity index (χ0v) is 18.1. The van der Waals surface area contributed by atoms with Gasteiger partial charge in [-0.1, -0.05) is 0 Å². The van der Waals surface area contributed by atoms with Crippen LogP contribution in [0.25, 0.3) is 22.4 Å². The van der Waals surface area contributed by atoms with E-state index < -0.39 is 5.97 Å². The Labute approximate surface area is 178 Å². The number of halogens is 2. The molecule has 1 fully saturated rings. The average Bonchev–Trinajstić information content (AvgIpc) is 3.07. The summed E-state index contributed by atoms with van der Waals surface area (Å²) in [5.41, 5.74) is 8.28. The second-order valence-corrected chi connectivity index (χ2v) is 9.41. The maximum absolute atomic E-state index is 11.1. The molecule has 0 aliphatic carbocycles. The first-order valence-corrected chi connectivity index (χ1v) is 11.7. The molecule has 4 rings (SSSR count). The number of imidazole rings is 1. The number of aromatic nitrogens is 4. The van der Waals surface area contributed by atoms with Gasteiger partial charge in [0.05, 0.1) is 0 Å². The minimum absolute atomic E-state index is 0.0972. The Morgan fingerprint density at radius 1 is 1.36 bits per heavy atom. The number of aromatic amines is 1. The van der Waals surface area contributed by atoms with E-state index in [9.17, 15) is 4.79 Å². The van der Waals surface area contributed by atoms with Gasteiger partial charge in [0.25, 0.3) is 0 Å². The molecule has 0 spiro atoms. The van der Waals surface area contributed by atoms with Gasteiger partial charge in [-0.05, 0) is 0 Å². The molecule has 0 atom stereocenters. The number of rotatable bonds is 4. The molecule has 0 saturated carbocycles. The van der Waals surface area contributed by atoms with Crippen molar-refractivity contribution in [3.8, 4) is 17.3 Å². The number of hydrogen-bond acceptors (Lipinski definition) is 6. The molecule has 28 heavy (non-hydrogen) atoms.